The summed E-state index contributed by atoms with van der Waals surface area (Å²) in [6, 6.07) is 0.628. The van der Waals surface area contributed by atoms with Crippen molar-refractivity contribution >= 4 is 5.91 Å². The lowest BCUT2D eigenvalue weighted by atomic mass is 9.88. The molecule has 1 heterocycles. The van der Waals surface area contributed by atoms with Crippen molar-refractivity contribution in [3.63, 3.8) is 0 Å². The van der Waals surface area contributed by atoms with E-state index in [9.17, 15) is 9.90 Å². The van der Waals surface area contributed by atoms with Crippen molar-refractivity contribution < 1.29 is 9.90 Å². The highest BCUT2D eigenvalue weighted by Gasteiger charge is 2.37. The van der Waals surface area contributed by atoms with E-state index in [1.54, 1.807) is 0 Å². The molecule has 1 saturated carbocycles. The van der Waals surface area contributed by atoms with Gasteiger partial charge in [-0.15, -0.1) is 0 Å². The summed E-state index contributed by atoms with van der Waals surface area (Å²) in [4.78, 5) is 14.0. The van der Waals surface area contributed by atoms with Gasteiger partial charge < -0.3 is 15.3 Å². The zero-order valence-corrected chi connectivity index (χ0v) is 11.8. The standard InChI is InChI=1S/C14H26N2O2/c1-13(2,3)12(17)16-8-6-14(18,7-9-16)10-15-11-4-5-11/h11,15,18H,4-10H2,1-3H3. The van der Waals surface area contributed by atoms with Crippen LogP contribution < -0.4 is 5.32 Å². The number of nitrogens with zero attached hydrogens (tertiary/aromatic N) is 1. The van der Waals surface area contributed by atoms with E-state index in [0.717, 1.165) is 0 Å². The number of nitrogens with one attached hydrogen (secondary N) is 1. The highest BCUT2D eigenvalue weighted by molar-refractivity contribution is 5.81. The molecule has 0 bridgehead atoms. The average molecular weight is 254 g/mol. The molecule has 0 radical (unpaired) electrons. The van der Waals surface area contributed by atoms with Crippen LogP contribution in [-0.4, -0.2) is 47.2 Å². The van der Waals surface area contributed by atoms with Crippen LogP contribution in [0.3, 0.4) is 0 Å². The normalized spacial score (nSPS) is 24.1. The lowest BCUT2D eigenvalue weighted by Crippen LogP contribution is -2.53. The molecule has 2 rings (SSSR count). The highest BCUT2D eigenvalue weighted by Crippen LogP contribution is 2.27. The van der Waals surface area contributed by atoms with E-state index >= 15 is 0 Å². The zero-order chi connectivity index (χ0) is 13.4. The van der Waals surface area contributed by atoms with Gasteiger partial charge in [-0.05, 0) is 25.7 Å². The zero-order valence-electron chi connectivity index (χ0n) is 11.8. The Morgan fingerprint density at radius 1 is 1.33 bits per heavy atom. The van der Waals surface area contributed by atoms with Crippen molar-refractivity contribution in [1.29, 1.82) is 0 Å². The largest absolute Gasteiger partial charge is 0.388 e. The molecule has 1 saturated heterocycles. The summed E-state index contributed by atoms with van der Waals surface area (Å²) < 4.78 is 0. The van der Waals surface area contributed by atoms with Gasteiger partial charge in [0.1, 0.15) is 0 Å². The van der Waals surface area contributed by atoms with Crippen molar-refractivity contribution in [2.45, 2.75) is 58.1 Å². The smallest absolute Gasteiger partial charge is 0.227 e. The summed E-state index contributed by atoms with van der Waals surface area (Å²) in [6.45, 7) is 7.88. The number of amides is 1. The summed E-state index contributed by atoms with van der Waals surface area (Å²) in [6.07, 6.45) is 3.86. The molecular formula is C14H26N2O2. The quantitative estimate of drug-likeness (QED) is 0.794. The van der Waals surface area contributed by atoms with Gasteiger partial charge in [0.25, 0.3) is 0 Å². The first kappa shape index (κ1) is 13.8. The Kier molecular flexibility index (Phi) is 3.70. The first-order valence-corrected chi connectivity index (χ1v) is 7.05. The lowest BCUT2D eigenvalue weighted by Gasteiger charge is -2.40. The third kappa shape index (κ3) is 3.45. The fourth-order valence-corrected chi connectivity index (χ4v) is 2.40. The average Bonchev–Trinajstić information content (AvgIpc) is 3.09. The summed E-state index contributed by atoms with van der Waals surface area (Å²) in [7, 11) is 0. The lowest BCUT2D eigenvalue weighted by molar-refractivity contribution is -0.143. The number of piperidine rings is 1. The van der Waals surface area contributed by atoms with Crippen molar-refractivity contribution in [1.82, 2.24) is 10.2 Å². The molecule has 2 N–H and O–H groups in total. The molecule has 2 fully saturated rings. The van der Waals surface area contributed by atoms with Crippen molar-refractivity contribution in [2.24, 2.45) is 5.41 Å². The number of rotatable bonds is 3. The second-order valence-corrected chi connectivity index (χ2v) is 6.92. The third-order valence-corrected chi connectivity index (χ3v) is 3.92. The minimum Gasteiger partial charge on any atom is -0.388 e. The Bertz CT molecular complexity index is 310. The maximum atomic E-state index is 12.1. The number of hydrogen-bond acceptors (Lipinski definition) is 3. The van der Waals surface area contributed by atoms with E-state index in [0.29, 0.717) is 38.5 Å². The first-order valence-electron chi connectivity index (χ1n) is 7.05. The van der Waals surface area contributed by atoms with Crippen LogP contribution in [0.5, 0.6) is 0 Å². The minimum atomic E-state index is -0.614. The van der Waals surface area contributed by atoms with Crippen LogP contribution in [0.15, 0.2) is 0 Å². The minimum absolute atomic E-state index is 0.194. The van der Waals surface area contributed by atoms with Crippen LogP contribution in [0.2, 0.25) is 0 Å². The van der Waals surface area contributed by atoms with Crippen LogP contribution >= 0.6 is 0 Å². The summed E-state index contributed by atoms with van der Waals surface area (Å²) >= 11 is 0. The van der Waals surface area contributed by atoms with Gasteiger partial charge >= 0.3 is 0 Å². The van der Waals surface area contributed by atoms with E-state index < -0.39 is 5.60 Å². The molecule has 104 valence electrons. The Labute approximate surface area is 110 Å². The molecule has 1 amide bonds. The first-order chi connectivity index (χ1) is 8.30. The monoisotopic (exact) mass is 254 g/mol. The Balaban J connectivity index is 1.81. The number of carbonyl (C=O) groups excluding carboxylic acids is 1. The summed E-state index contributed by atoms with van der Waals surface area (Å²) in [5.41, 5.74) is -0.932. The van der Waals surface area contributed by atoms with Crippen LogP contribution in [0.25, 0.3) is 0 Å². The van der Waals surface area contributed by atoms with E-state index in [-0.39, 0.29) is 11.3 Å². The van der Waals surface area contributed by atoms with Crippen LogP contribution in [0.1, 0.15) is 46.5 Å². The molecule has 2 aliphatic rings. The van der Waals surface area contributed by atoms with Gasteiger partial charge in [-0.3, -0.25) is 4.79 Å². The Morgan fingerprint density at radius 2 is 1.89 bits per heavy atom. The molecule has 0 aromatic heterocycles. The maximum Gasteiger partial charge on any atom is 0.227 e. The van der Waals surface area contributed by atoms with Gasteiger partial charge in [0, 0.05) is 31.1 Å². The van der Waals surface area contributed by atoms with E-state index in [1.807, 2.05) is 25.7 Å². The van der Waals surface area contributed by atoms with Crippen LogP contribution in [0, 0.1) is 5.41 Å². The number of hydrogen-bond donors (Lipinski definition) is 2. The number of aliphatic hydroxyl groups is 1. The van der Waals surface area contributed by atoms with E-state index in [1.165, 1.54) is 12.8 Å². The predicted molar refractivity (Wildman–Crippen MR) is 71.2 cm³/mol. The third-order valence-electron chi connectivity index (χ3n) is 3.92. The fraction of sp³-hybridized carbons (Fsp3) is 0.929. The van der Waals surface area contributed by atoms with Gasteiger partial charge in [-0.25, -0.2) is 0 Å². The second kappa shape index (κ2) is 4.82. The molecule has 0 spiro atoms. The molecule has 0 unspecified atom stereocenters. The highest BCUT2D eigenvalue weighted by atomic mass is 16.3. The van der Waals surface area contributed by atoms with Gasteiger partial charge in [0.15, 0.2) is 0 Å². The molecule has 0 aromatic carbocycles. The van der Waals surface area contributed by atoms with Crippen molar-refractivity contribution in [2.75, 3.05) is 19.6 Å². The number of carbonyl (C=O) groups is 1. The van der Waals surface area contributed by atoms with Gasteiger partial charge in [0.05, 0.1) is 5.60 Å². The SMILES string of the molecule is CC(C)(C)C(=O)N1CCC(O)(CNC2CC2)CC1. The van der Waals surface area contributed by atoms with Crippen LogP contribution in [-0.2, 0) is 4.79 Å². The molecule has 0 aromatic rings. The van der Waals surface area contributed by atoms with Crippen molar-refractivity contribution in [3.05, 3.63) is 0 Å². The second-order valence-electron chi connectivity index (χ2n) is 6.92. The van der Waals surface area contributed by atoms with Crippen molar-refractivity contribution in [3.8, 4) is 0 Å². The number of likely N-dealkylation sites (tertiary alicyclic amines) is 1. The molecule has 18 heavy (non-hydrogen) atoms. The topological polar surface area (TPSA) is 52.6 Å². The molecule has 4 heteroatoms. The summed E-state index contributed by atoms with van der Waals surface area (Å²) in [5, 5.41) is 13.8. The molecule has 1 aliphatic carbocycles. The molecular weight excluding hydrogens is 228 g/mol. The molecule has 1 aliphatic heterocycles. The van der Waals surface area contributed by atoms with E-state index in [4.69, 9.17) is 0 Å². The Morgan fingerprint density at radius 3 is 2.33 bits per heavy atom. The van der Waals surface area contributed by atoms with Gasteiger partial charge in [-0.2, -0.15) is 0 Å². The van der Waals surface area contributed by atoms with Gasteiger partial charge in [-0.1, -0.05) is 20.8 Å². The van der Waals surface area contributed by atoms with Gasteiger partial charge in [0.2, 0.25) is 5.91 Å². The summed E-state index contributed by atoms with van der Waals surface area (Å²) in [5.74, 6) is 0.194. The van der Waals surface area contributed by atoms with E-state index in [2.05, 4.69) is 5.32 Å². The molecule has 0 atom stereocenters. The molecule has 4 nitrogen and oxygen atoms in total. The van der Waals surface area contributed by atoms with Crippen LogP contribution in [0.4, 0.5) is 0 Å². The fourth-order valence-electron chi connectivity index (χ4n) is 2.40. The predicted octanol–water partition coefficient (Wildman–Crippen LogP) is 1.14. The maximum absolute atomic E-state index is 12.1. The Hall–Kier alpha value is -0.610.